The molecule has 3 aromatic carbocycles. The molecule has 0 heterocycles. The predicted molar refractivity (Wildman–Crippen MR) is 199 cm³/mol. The molecule has 0 bridgehead atoms. The molecule has 0 amide bonds. The van der Waals surface area contributed by atoms with Gasteiger partial charge < -0.3 is 7.43 Å². The third kappa shape index (κ3) is 7.77. The van der Waals surface area contributed by atoms with Crippen LogP contribution in [0.4, 0.5) is 0 Å². The molecule has 0 fully saturated rings. The fourth-order valence-electron chi connectivity index (χ4n) is 7.27. The Morgan fingerprint density at radius 1 is 0.778 bits per heavy atom. The number of hydrogen-bond donors (Lipinski definition) is 0. The summed E-state index contributed by atoms with van der Waals surface area (Å²) in [5.41, 5.74) is 15.9. The van der Waals surface area contributed by atoms with Crippen LogP contribution in [-0.4, -0.2) is 12.3 Å². The van der Waals surface area contributed by atoms with Crippen molar-refractivity contribution >= 4 is 23.4 Å². The van der Waals surface area contributed by atoms with Crippen molar-refractivity contribution in [2.45, 2.75) is 92.3 Å². The van der Waals surface area contributed by atoms with Crippen LogP contribution in [0.2, 0.25) is 19.6 Å². The van der Waals surface area contributed by atoms with E-state index in [0.29, 0.717) is 5.92 Å². The molecule has 7 rings (SSSR count). The van der Waals surface area contributed by atoms with Crippen molar-refractivity contribution < 1.29 is 24.2 Å². The van der Waals surface area contributed by atoms with Crippen LogP contribution in [0, 0.1) is 31.6 Å². The van der Waals surface area contributed by atoms with Crippen LogP contribution < -0.4 is 0 Å². The van der Waals surface area contributed by atoms with E-state index in [4.69, 9.17) is 0 Å². The molecule has 3 aromatic rings. The Bertz CT molecular complexity index is 1560. The molecular formula is C43H52SiZr-4. The molecule has 236 valence electrons. The Morgan fingerprint density at radius 2 is 1.33 bits per heavy atom. The van der Waals surface area contributed by atoms with Gasteiger partial charge in [-0.3, -0.25) is 12.2 Å². The summed E-state index contributed by atoms with van der Waals surface area (Å²) >= 11 is 1.30. The molecule has 0 aromatic heterocycles. The molecule has 0 spiro atoms. The molecule has 45 heavy (non-hydrogen) atoms. The van der Waals surface area contributed by atoms with Gasteiger partial charge >= 0.3 is 28.4 Å². The first-order valence-corrected chi connectivity index (χ1v) is 21.1. The minimum absolute atomic E-state index is 0. The van der Waals surface area contributed by atoms with E-state index in [1.807, 2.05) is 30.3 Å². The number of fused-ring (bicyclic) bond motifs is 5. The van der Waals surface area contributed by atoms with Gasteiger partial charge in [-0.25, -0.2) is 16.3 Å². The van der Waals surface area contributed by atoms with Crippen molar-refractivity contribution in [1.82, 2.24) is 0 Å². The van der Waals surface area contributed by atoms with E-state index in [-0.39, 0.29) is 18.3 Å². The average molecular weight is 688 g/mol. The summed E-state index contributed by atoms with van der Waals surface area (Å²) in [5.74, 6) is 0.553. The summed E-state index contributed by atoms with van der Waals surface area (Å²) in [7, 11) is -1.07. The number of benzene rings is 3. The largest absolute Gasteiger partial charge is 0.358 e. The third-order valence-corrected chi connectivity index (χ3v) is 11.3. The maximum atomic E-state index is 3.65. The summed E-state index contributed by atoms with van der Waals surface area (Å²) < 4.78 is 3.34. The van der Waals surface area contributed by atoms with Crippen molar-refractivity contribution in [3.8, 4) is 11.1 Å². The number of rotatable bonds is 1. The molecule has 4 aliphatic carbocycles. The first-order chi connectivity index (χ1) is 20.6. The number of hydrogen-bond acceptors (Lipinski definition) is 0. The molecule has 1 atom stereocenters. The van der Waals surface area contributed by atoms with E-state index >= 15 is 0 Å². The van der Waals surface area contributed by atoms with E-state index in [9.17, 15) is 0 Å². The van der Waals surface area contributed by atoms with Crippen LogP contribution in [0.15, 0.2) is 77.5 Å². The molecule has 0 aliphatic heterocycles. The van der Waals surface area contributed by atoms with Crippen LogP contribution in [0.3, 0.4) is 0 Å². The monoisotopic (exact) mass is 686 g/mol. The standard InChI is InChI=1S/C25H25.C10H17Si.C6H5.CH3.CH2.Zr/c1-14-12-24(3,4)22-8-16-7-17-9-23-19(15(2)13-25(23,5)6)11-21(17)20(16)10-18(14)22;1-8-6-9(2)10(7-8)11(3,4)5;1-2-4-6-5-3-1;;;/h8-12H,7H2,1-6H3;7-8H,1-5H3;1-5H;1H3;1H2;/q4*-1;;. The second-order valence-corrected chi connectivity index (χ2v) is 19.7. The third-order valence-electron chi connectivity index (χ3n) is 9.11. The molecule has 1 unspecified atom stereocenters. The van der Waals surface area contributed by atoms with Crippen LogP contribution in [-0.2, 0) is 41.5 Å². The molecule has 0 N–H and O–H groups in total. The van der Waals surface area contributed by atoms with Crippen LogP contribution in [0.25, 0.3) is 22.3 Å². The Morgan fingerprint density at radius 3 is 1.78 bits per heavy atom. The zero-order valence-corrected chi connectivity index (χ0v) is 33.3. The topological polar surface area (TPSA) is 0 Å². The van der Waals surface area contributed by atoms with Crippen molar-refractivity contribution in [3.63, 3.8) is 0 Å². The Hall–Kier alpha value is -2.41. The predicted octanol–water partition coefficient (Wildman–Crippen LogP) is 11.5. The van der Waals surface area contributed by atoms with Crippen LogP contribution in [0.1, 0.15) is 88.8 Å². The van der Waals surface area contributed by atoms with Gasteiger partial charge in [-0.2, -0.15) is 48.0 Å². The summed E-state index contributed by atoms with van der Waals surface area (Å²) in [6, 6.07) is 22.3. The Labute approximate surface area is 291 Å². The SMILES string of the molecule is CC1=[C-]C(C)(C)c2cc3c(cc21)-c1cc2c(cc1C3)C(C)(C)C=C2C.CC1=[C-]C(C)C=C1[Si](C)(C)C.[CH2]=[Zr].[CH3-].[c-]1ccccc1. The van der Waals surface area contributed by atoms with E-state index in [1.165, 1.54) is 85.5 Å². The fourth-order valence-corrected chi connectivity index (χ4v) is 9.21. The molecule has 0 saturated heterocycles. The van der Waals surface area contributed by atoms with Gasteiger partial charge in [0.15, 0.2) is 0 Å². The fraction of sp³-hybridized carbons (Fsp3) is 0.349. The van der Waals surface area contributed by atoms with Gasteiger partial charge in [0.25, 0.3) is 0 Å². The van der Waals surface area contributed by atoms with Crippen LogP contribution in [0.5, 0.6) is 0 Å². The Balaban J connectivity index is 0.000000229. The van der Waals surface area contributed by atoms with E-state index in [1.54, 1.807) is 5.20 Å². The van der Waals surface area contributed by atoms with Gasteiger partial charge in [0.2, 0.25) is 0 Å². The second-order valence-electron chi connectivity index (χ2n) is 14.7. The van der Waals surface area contributed by atoms with Gasteiger partial charge in [-0.1, -0.05) is 97.6 Å². The number of allylic oxidation sites excluding steroid dienone is 8. The van der Waals surface area contributed by atoms with Crippen molar-refractivity contribution in [3.05, 3.63) is 137 Å². The quantitative estimate of drug-likeness (QED) is 0.138. The minimum Gasteiger partial charge on any atom is -0.358 e. The second kappa shape index (κ2) is 14.1. The van der Waals surface area contributed by atoms with Gasteiger partial charge in [-0.05, 0) is 66.4 Å². The maximum absolute atomic E-state index is 3.65. The van der Waals surface area contributed by atoms with Gasteiger partial charge in [0, 0.05) is 5.41 Å². The smallest absolute Gasteiger partial charge is 0.171 e. The molecule has 0 nitrogen and oxygen atoms in total. The summed E-state index contributed by atoms with van der Waals surface area (Å²) in [5, 5.41) is 1.60. The van der Waals surface area contributed by atoms with Gasteiger partial charge in [0.05, 0.1) is 0 Å². The van der Waals surface area contributed by atoms with E-state index in [0.717, 1.165) is 6.42 Å². The van der Waals surface area contributed by atoms with Crippen molar-refractivity contribution in [1.29, 1.82) is 0 Å². The van der Waals surface area contributed by atoms with Gasteiger partial charge in [-0.15, -0.1) is 11.6 Å². The summed E-state index contributed by atoms with van der Waals surface area (Å²) in [4.78, 5) is 0. The zero-order chi connectivity index (χ0) is 32.6. The van der Waals surface area contributed by atoms with E-state index in [2.05, 4.69) is 134 Å². The van der Waals surface area contributed by atoms with Crippen molar-refractivity contribution in [2.24, 2.45) is 5.92 Å². The van der Waals surface area contributed by atoms with Gasteiger partial charge in [0.1, 0.15) is 0 Å². The molecule has 2 heteroatoms. The summed E-state index contributed by atoms with van der Waals surface area (Å²) in [6.45, 7) is 25.2. The molecule has 0 saturated carbocycles. The molecule has 4 aliphatic rings. The van der Waals surface area contributed by atoms with Crippen molar-refractivity contribution in [2.75, 3.05) is 0 Å². The van der Waals surface area contributed by atoms with Crippen LogP contribution >= 0.6 is 0 Å². The first kappa shape index (κ1) is 37.1. The van der Waals surface area contributed by atoms with E-state index < -0.39 is 8.07 Å². The normalized spacial score (nSPS) is 18.7. The Kier molecular flexibility index (Phi) is 11.7. The zero-order valence-electron chi connectivity index (χ0n) is 29.8. The molecular weight excluding hydrogens is 636 g/mol. The summed E-state index contributed by atoms with van der Waals surface area (Å²) in [6.07, 6.45) is 12.9. The first-order valence-electron chi connectivity index (χ1n) is 15.8. The molecule has 0 radical (unpaired) electrons. The maximum Gasteiger partial charge on any atom is -0.171 e. The minimum atomic E-state index is -1.07. The average Bonchev–Trinajstić information content (AvgIpc) is 3.63.